The summed E-state index contributed by atoms with van der Waals surface area (Å²) in [6.45, 7) is -4.62. The number of alkyl halides is 5. The predicted octanol–water partition coefficient (Wildman–Crippen LogP) is 2.62. The quantitative estimate of drug-likeness (QED) is 0.529. The number of aliphatic hydroxyl groups is 1. The van der Waals surface area contributed by atoms with Gasteiger partial charge < -0.3 is 15.2 Å². The maximum Gasteiger partial charge on any atom is 0.408 e. The molecular weight excluding hydrogens is 411 g/mol. The molecule has 0 atom stereocenters. The standard InChI is InChI=1S/C17H14B2F5N3O3/c18-17(19,29)11-4-3-9(5-12(11)30-15(20)21)25-14(28)10-6-27(7-16(22,23)24)26-13(10)8-1-2-8/h3-6,8,15,29H,1-2,7H2,(H,25,28). The van der Waals surface area contributed by atoms with Gasteiger partial charge in [-0.25, -0.2) is 0 Å². The molecular formula is C17H14B2F5N3O3. The molecule has 6 nitrogen and oxygen atoms in total. The fraction of sp³-hybridized carbons (Fsp3) is 0.412. The van der Waals surface area contributed by atoms with Crippen LogP contribution >= 0.6 is 0 Å². The number of benzene rings is 1. The van der Waals surface area contributed by atoms with Gasteiger partial charge in [0.2, 0.25) is 0 Å². The van der Waals surface area contributed by atoms with E-state index in [0.717, 1.165) is 18.3 Å². The van der Waals surface area contributed by atoms with Crippen LogP contribution in [0.5, 0.6) is 5.75 Å². The highest BCUT2D eigenvalue weighted by Gasteiger charge is 2.34. The summed E-state index contributed by atoms with van der Waals surface area (Å²) in [4.78, 5) is 12.6. The van der Waals surface area contributed by atoms with Crippen LogP contribution in [0.3, 0.4) is 0 Å². The number of hydrogen-bond donors (Lipinski definition) is 2. The van der Waals surface area contributed by atoms with Crippen molar-refractivity contribution in [2.24, 2.45) is 0 Å². The van der Waals surface area contributed by atoms with Gasteiger partial charge in [-0.2, -0.15) is 27.1 Å². The molecule has 4 radical (unpaired) electrons. The summed E-state index contributed by atoms with van der Waals surface area (Å²) in [6.07, 6.45) is -2.15. The lowest BCUT2D eigenvalue weighted by Gasteiger charge is -2.23. The van der Waals surface area contributed by atoms with Crippen LogP contribution in [0.15, 0.2) is 24.4 Å². The summed E-state index contributed by atoms with van der Waals surface area (Å²) < 4.78 is 68.2. The topological polar surface area (TPSA) is 76.4 Å². The third-order valence-corrected chi connectivity index (χ3v) is 4.23. The van der Waals surface area contributed by atoms with Gasteiger partial charge in [0.25, 0.3) is 5.91 Å². The Morgan fingerprint density at radius 1 is 1.33 bits per heavy atom. The van der Waals surface area contributed by atoms with E-state index in [2.05, 4.69) is 15.2 Å². The van der Waals surface area contributed by atoms with Crippen molar-refractivity contribution in [1.29, 1.82) is 0 Å². The molecule has 0 aliphatic heterocycles. The summed E-state index contributed by atoms with van der Waals surface area (Å²) in [5.41, 5.74) is -0.224. The molecule has 0 spiro atoms. The summed E-state index contributed by atoms with van der Waals surface area (Å²) in [7, 11) is 10.6. The number of hydrogen-bond acceptors (Lipinski definition) is 4. The minimum absolute atomic E-state index is 0.0334. The monoisotopic (exact) mass is 425 g/mol. The largest absolute Gasteiger partial charge is 0.434 e. The van der Waals surface area contributed by atoms with Crippen molar-refractivity contribution in [2.75, 3.05) is 5.32 Å². The Kier molecular flexibility index (Phi) is 5.85. The van der Waals surface area contributed by atoms with Crippen LogP contribution in [0.25, 0.3) is 0 Å². The van der Waals surface area contributed by atoms with E-state index in [1.807, 2.05) is 0 Å². The molecule has 1 aromatic carbocycles. The third-order valence-electron chi connectivity index (χ3n) is 4.23. The zero-order chi connectivity index (χ0) is 22.3. The van der Waals surface area contributed by atoms with E-state index >= 15 is 0 Å². The number of ether oxygens (including phenoxy) is 1. The molecule has 1 aliphatic carbocycles. The number of nitrogens with zero attached hydrogens (tertiary/aromatic N) is 2. The SMILES string of the molecule is [B]C([B])(O)c1ccc(NC(=O)c2cn(CC(F)(F)F)nc2C2CC2)cc1OC(F)F. The minimum atomic E-state index is -4.51. The molecule has 1 fully saturated rings. The second-order valence-electron chi connectivity index (χ2n) is 6.88. The van der Waals surface area contributed by atoms with E-state index in [1.54, 1.807) is 0 Å². The molecule has 156 valence electrons. The lowest BCUT2D eigenvalue weighted by molar-refractivity contribution is -0.142. The van der Waals surface area contributed by atoms with Crippen LogP contribution in [0.4, 0.5) is 27.6 Å². The van der Waals surface area contributed by atoms with Crippen LogP contribution in [-0.2, 0) is 11.9 Å². The molecule has 1 heterocycles. The fourth-order valence-electron chi connectivity index (χ4n) is 2.86. The fourth-order valence-corrected chi connectivity index (χ4v) is 2.86. The molecule has 0 saturated heterocycles. The first-order valence-corrected chi connectivity index (χ1v) is 8.68. The Bertz CT molecular complexity index is 940. The second kappa shape index (κ2) is 7.93. The highest BCUT2D eigenvalue weighted by atomic mass is 19.4. The van der Waals surface area contributed by atoms with Crippen molar-refractivity contribution >= 4 is 27.3 Å². The first-order chi connectivity index (χ1) is 13.8. The lowest BCUT2D eigenvalue weighted by Crippen LogP contribution is -2.27. The number of rotatable bonds is 7. The Balaban J connectivity index is 1.87. The average molecular weight is 425 g/mol. The summed E-state index contributed by atoms with van der Waals surface area (Å²) in [5.74, 6) is -1.48. The van der Waals surface area contributed by atoms with Crippen molar-refractivity contribution < 1.29 is 36.6 Å². The molecule has 0 bridgehead atoms. The molecule has 13 heteroatoms. The molecule has 1 aromatic heterocycles. The molecule has 1 amide bonds. The molecule has 1 saturated carbocycles. The third kappa shape index (κ3) is 5.53. The number of aromatic nitrogens is 2. The highest BCUT2D eigenvalue weighted by Crippen LogP contribution is 2.41. The highest BCUT2D eigenvalue weighted by molar-refractivity contribution is 6.38. The van der Waals surface area contributed by atoms with Crippen LogP contribution in [-0.4, -0.2) is 49.3 Å². The summed E-state index contributed by atoms with van der Waals surface area (Å²) >= 11 is 0. The maximum atomic E-state index is 12.7. The molecule has 3 rings (SSSR count). The van der Waals surface area contributed by atoms with Gasteiger partial charge >= 0.3 is 12.8 Å². The number of carbonyl (C=O) groups excluding carboxylic acids is 1. The number of halogens is 5. The van der Waals surface area contributed by atoms with E-state index < -0.39 is 36.4 Å². The van der Waals surface area contributed by atoms with Crippen molar-refractivity contribution in [3.63, 3.8) is 0 Å². The van der Waals surface area contributed by atoms with Gasteiger partial charge in [-0.3, -0.25) is 9.48 Å². The molecule has 30 heavy (non-hydrogen) atoms. The van der Waals surface area contributed by atoms with Gasteiger partial charge in [0.05, 0.1) is 11.3 Å². The number of amides is 1. The Morgan fingerprint density at radius 3 is 2.53 bits per heavy atom. The van der Waals surface area contributed by atoms with E-state index in [-0.39, 0.29) is 28.4 Å². The van der Waals surface area contributed by atoms with Gasteiger partial charge in [-0.1, -0.05) is 6.07 Å². The first kappa shape index (κ1) is 22.1. The van der Waals surface area contributed by atoms with Crippen molar-refractivity contribution in [3.8, 4) is 5.75 Å². The molecule has 1 aliphatic rings. The van der Waals surface area contributed by atoms with Crippen LogP contribution in [0, 0.1) is 0 Å². The van der Waals surface area contributed by atoms with E-state index in [1.165, 1.54) is 6.07 Å². The predicted molar refractivity (Wildman–Crippen MR) is 96.7 cm³/mol. The smallest absolute Gasteiger partial charge is 0.408 e. The van der Waals surface area contributed by atoms with Crippen molar-refractivity contribution in [3.05, 3.63) is 41.2 Å². The van der Waals surface area contributed by atoms with Gasteiger partial charge in [0, 0.05) is 34.8 Å². The number of nitrogens with one attached hydrogen (secondary N) is 1. The Hall–Kier alpha value is -2.56. The number of anilines is 1. The normalized spacial score (nSPS) is 14.8. The average Bonchev–Trinajstić information content (AvgIpc) is 3.33. The van der Waals surface area contributed by atoms with Crippen LogP contribution in [0.2, 0.25) is 0 Å². The summed E-state index contributed by atoms with van der Waals surface area (Å²) in [6, 6.07) is 3.25. The Labute approximate surface area is 170 Å². The van der Waals surface area contributed by atoms with Crippen LogP contribution in [0.1, 0.15) is 40.4 Å². The Morgan fingerprint density at radius 2 is 2.00 bits per heavy atom. The van der Waals surface area contributed by atoms with E-state index in [9.17, 15) is 31.9 Å². The zero-order valence-electron chi connectivity index (χ0n) is 15.3. The van der Waals surface area contributed by atoms with Gasteiger partial charge in [0.1, 0.15) is 28.0 Å². The molecule has 0 unspecified atom stereocenters. The van der Waals surface area contributed by atoms with Gasteiger partial charge in [-0.05, 0) is 18.9 Å². The van der Waals surface area contributed by atoms with Gasteiger partial charge in [-0.15, -0.1) is 0 Å². The lowest BCUT2D eigenvalue weighted by atomic mass is 9.61. The number of carbonyl (C=O) groups is 1. The second-order valence-corrected chi connectivity index (χ2v) is 6.88. The first-order valence-electron chi connectivity index (χ1n) is 8.68. The van der Waals surface area contributed by atoms with Crippen molar-refractivity contribution in [1.82, 2.24) is 9.78 Å². The minimum Gasteiger partial charge on any atom is -0.434 e. The van der Waals surface area contributed by atoms with Crippen LogP contribution < -0.4 is 10.1 Å². The maximum absolute atomic E-state index is 12.7. The molecule has 2 N–H and O–H groups in total. The van der Waals surface area contributed by atoms with Gasteiger partial charge in [0.15, 0.2) is 0 Å². The molecule has 2 aromatic rings. The zero-order valence-corrected chi connectivity index (χ0v) is 15.3. The summed E-state index contributed by atoms with van der Waals surface area (Å²) in [5, 5.41) is 13.4. The van der Waals surface area contributed by atoms with E-state index in [4.69, 9.17) is 15.7 Å². The van der Waals surface area contributed by atoms with Crippen molar-refractivity contribution in [2.45, 2.75) is 43.5 Å². The van der Waals surface area contributed by atoms with E-state index in [0.29, 0.717) is 17.5 Å².